The minimum absolute atomic E-state index is 0.579. The highest BCUT2D eigenvalue weighted by Gasteiger charge is 2.25. The molecule has 2 heterocycles. The molecule has 0 amide bonds. The highest BCUT2D eigenvalue weighted by atomic mass is 16.5. The average molecular weight is 421 g/mol. The lowest BCUT2D eigenvalue weighted by Crippen LogP contribution is -2.41. The molecule has 1 atom stereocenters. The van der Waals surface area contributed by atoms with Gasteiger partial charge in [0.05, 0.1) is 13.2 Å². The second-order valence-corrected chi connectivity index (χ2v) is 8.72. The van der Waals surface area contributed by atoms with E-state index in [1.165, 1.54) is 36.1 Å². The monoisotopic (exact) mass is 420 g/mol. The average Bonchev–Trinajstić information content (AvgIpc) is 3.28. The molecular weight excluding hydrogens is 384 g/mol. The first-order valence-electron chi connectivity index (χ1n) is 11.7. The van der Waals surface area contributed by atoms with E-state index in [1.54, 1.807) is 0 Å². The Hall–Kier alpha value is -2.37. The standard InChI is InChI=1S/C26H36N4O/c1-27-26(28-14-7-15-29-16-13-24-10-5-6-11-25(24)19-29)30-17-12-23(18-30)21-31-20-22-8-3-2-4-9-22/h2-6,8-11,23H,7,12-21H2,1H3,(H,27,28). The summed E-state index contributed by atoms with van der Waals surface area (Å²) in [4.78, 5) is 9.48. The molecule has 1 fully saturated rings. The minimum Gasteiger partial charge on any atom is -0.376 e. The van der Waals surface area contributed by atoms with Crippen LogP contribution >= 0.6 is 0 Å². The smallest absolute Gasteiger partial charge is 0.193 e. The second kappa shape index (κ2) is 11.3. The molecule has 5 heteroatoms. The molecule has 1 N–H and O–H groups in total. The van der Waals surface area contributed by atoms with Crippen LogP contribution in [0.15, 0.2) is 59.6 Å². The van der Waals surface area contributed by atoms with E-state index in [4.69, 9.17) is 4.74 Å². The Labute approximate surface area is 187 Å². The molecular formula is C26H36N4O. The van der Waals surface area contributed by atoms with E-state index < -0.39 is 0 Å². The number of nitrogens with zero attached hydrogens (tertiary/aromatic N) is 3. The third-order valence-electron chi connectivity index (χ3n) is 6.41. The van der Waals surface area contributed by atoms with Gasteiger partial charge >= 0.3 is 0 Å². The fourth-order valence-corrected chi connectivity index (χ4v) is 4.66. The van der Waals surface area contributed by atoms with Gasteiger partial charge < -0.3 is 15.0 Å². The van der Waals surface area contributed by atoms with Crippen LogP contribution in [-0.2, 0) is 24.3 Å². The Morgan fingerprint density at radius 3 is 2.71 bits per heavy atom. The van der Waals surface area contributed by atoms with Gasteiger partial charge in [-0.15, -0.1) is 0 Å². The van der Waals surface area contributed by atoms with Gasteiger partial charge in [-0.25, -0.2) is 0 Å². The Balaban J connectivity index is 1.12. The van der Waals surface area contributed by atoms with Crippen molar-refractivity contribution in [2.45, 2.75) is 32.4 Å². The van der Waals surface area contributed by atoms with Crippen molar-refractivity contribution in [3.8, 4) is 0 Å². The molecule has 2 aromatic rings. The molecule has 0 radical (unpaired) electrons. The van der Waals surface area contributed by atoms with Crippen LogP contribution in [0.3, 0.4) is 0 Å². The first kappa shape index (κ1) is 21.8. The van der Waals surface area contributed by atoms with Crippen molar-refractivity contribution >= 4 is 5.96 Å². The molecule has 0 bridgehead atoms. The molecule has 4 rings (SSSR count). The van der Waals surface area contributed by atoms with Crippen LogP contribution < -0.4 is 5.32 Å². The molecule has 5 nitrogen and oxygen atoms in total. The molecule has 2 aromatic carbocycles. The van der Waals surface area contributed by atoms with Gasteiger partial charge in [0, 0.05) is 52.2 Å². The highest BCUT2D eigenvalue weighted by Crippen LogP contribution is 2.19. The van der Waals surface area contributed by atoms with Crippen LogP contribution in [0, 0.1) is 5.92 Å². The van der Waals surface area contributed by atoms with Crippen LogP contribution in [-0.4, -0.2) is 62.1 Å². The van der Waals surface area contributed by atoms with E-state index in [0.29, 0.717) is 12.5 Å². The van der Waals surface area contributed by atoms with Crippen LogP contribution in [0.1, 0.15) is 29.5 Å². The maximum absolute atomic E-state index is 5.96. The predicted molar refractivity (Wildman–Crippen MR) is 127 cm³/mol. The second-order valence-electron chi connectivity index (χ2n) is 8.72. The highest BCUT2D eigenvalue weighted by molar-refractivity contribution is 5.80. The quantitative estimate of drug-likeness (QED) is 0.403. The van der Waals surface area contributed by atoms with E-state index >= 15 is 0 Å². The zero-order valence-electron chi connectivity index (χ0n) is 18.8. The maximum Gasteiger partial charge on any atom is 0.193 e. The number of nitrogens with one attached hydrogen (secondary N) is 1. The molecule has 31 heavy (non-hydrogen) atoms. The maximum atomic E-state index is 5.96. The van der Waals surface area contributed by atoms with E-state index in [2.05, 4.69) is 68.6 Å². The normalized spacial score (nSPS) is 19.5. The number of benzene rings is 2. The van der Waals surface area contributed by atoms with Crippen molar-refractivity contribution in [3.05, 3.63) is 71.3 Å². The number of aliphatic imine (C=N–C) groups is 1. The number of likely N-dealkylation sites (tertiary alicyclic amines) is 1. The molecule has 0 aliphatic carbocycles. The topological polar surface area (TPSA) is 40.1 Å². The number of rotatable bonds is 8. The Kier molecular flexibility index (Phi) is 7.97. The summed E-state index contributed by atoms with van der Waals surface area (Å²) in [5.41, 5.74) is 4.26. The van der Waals surface area contributed by atoms with Crippen molar-refractivity contribution in [1.29, 1.82) is 0 Å². The summed E-state index contributed by atoms with van der Waals surface area (Å²) >= 11 is 0. The summed E-state index contributed by atoms with van der Waals surface area (Å²) in [6.45, 7) is 7.96. The molecule has 166 valence electrons. The van der Waals surface area contributed by atoms with Gasteiger partial charge in [-0.3, -0.25) is 9.89 Å². The van der Waals surface area contributed by atoms with Gasteiger partial charge in [0.15, 0.2) is 5.96 Å². The minimum atomic E-state index is 0.579. The fourth-order valence-electron chi connectivity index (χ4n) is 4.66. The summed E-state index contributed by atoms with van der Waals surface area (Å²) in [5, 5.41) is 3.58. The van der Waals surface area contributed by atoms with E-state index in [-0.39, 0.29) is 0 Å². The van der Waals surface area contributed by atoms with Crippen molar-refractivity contribution < 1.29 is 4.74 Å². The molecule has 2 aliphatic rings. The molecule has 2 aliphatic heterocycles. The summed E-state index contributed by atoms with van der Waals surface area (Å²) in [5.74, 6) is 1.62. The third kappa shape index (κ3) is 6.31. The molecule has 0 spiro atoms. The van der Waals surface area contributed by atoms with Gasteiger partial charge in [0.25, 0.3) is 0 Å². The zero-order valence-corrected chi connectivity index (χ0v) is 18.8. The molecule has 1 unspecified atom stereocenters. The van der Waals surface area contributed by atoms with Crippen molar-refractivity contribution in [2.24, 2.45) is 10.9 Å². The van der Waals surface area contributed by atoms with Gasteiger partial charge in [-0.2, -0.15) is 0 Å². The third-order valence-corrected chi connectivity index (χ3v) is 6.41. The van der Waals surface area contributed by atoms with Crippen LogP contribution in [0.5, 0.6) is 0 Å². The first-order chi connectivity index (χ1) is 15.3. The number of fused-ring (bicyclic) bond motifs is 1. The van der Waals surface area contributed by atoms with Gasteiger partial charge in [0.2, 0.25) is 0 Å². The SMILES string of the molecule is CN=C(NCCCN1CCc2ccccc2C1)N1CCC(COCc2ccccc2)C1. The number of ether oxygens (including phenoxy) is 1. The Morgan fingerprint density at radius 1 is 1.06 bits per heavy atom. The molecule has 0 saturated carbocycles. The first-order valence-corrected chi connectivity index (χ1v) is 11.7. The largest absolute Gasteiger partial charge is 0.376 e. The lowest BCUT2D eigenvalue weighted by Gasteiger charge is -2.29. The summed E-state index contributed by atoms with van der Waals surface area (Å²) in [6.07, 6.45) is 3.48. The number of hydrogen-bond acceptors (Lipinski definition) is 3. The lowest BCUT2D eigenvalue weighted by molar-refractivity contribution is 0.0906. The van der Waals surface area contributed by atoms with Crippen molar-refractivity contribution in [2.75, 3.05) is 46.4 Å². The van der Waals surface area contributed by atoms with Crippen LogP contribution in [0.2, 0.25) is 0 Å². The fraction of sp³-hybridized carbons (Fsp3) is 0.500. The van der Waals surface area contributed by atoms with Crippen LogP contribution in [0.4, 0.5) is 0 Å². The van der Waals surface area contributed by atoms with Crippen molar-refractivity contribution in [3.63, 3.8) is 0 Å². The molecule has 0 aromatic heterocycles. The van der Waals surface area contributed by atoms with Gasteiger partial charge in [0.1, 0.15) is 0 Å². The van der Waals surface area contributed by atoms with E-state index in [9.17, 15) is 0 Å². The predicted octanol–water partition coefficient (Wildman–Crippen LogP) is 3.55. The van der Waals surface area contributed by atoms with E-state index in [0.717, 1.165) is 51.7 Å². The Morgan fingerprint density at radius 2 is 1.87 bits per heavy atom. The summed E-state index contributed by atoms with van der Waals surface area (Å²) < 4.78 is 5.96. The number of guanidine groups is 1. The zero-order chi connectivity index (χ0) is 21.3. The van der Waals surface area contributed by atoms with Crippen molar-refractivity contribution in [1.82, 2.24) is 15.1 Å². The Bertz CT molecular complexity index is 838. The number of hydrogen-bond donors (Lipinski definition) is 1. The summed E-state index contributed by atoms with van der Waals surface area (Å²) in [7, 11) is 1.89. The lowest BCUT2D eigenvalue weighted by atomic mass is 10.00. The van der Waals surface area contributed by atoms with E-state index in [1.807, 2.05) is 13.1 Å². The van der Waals surface area contributed by atoms with Crippen LogP contribution in [0.25, 0.3) is 0 Å². The molecule has 1 saturated heterocycles. The van der Waals surface area contributed by atoms with Gasteiger partial charge in [-0.1, -0.05) is 54.6 Å². The van der Waals surface area contributed by atoms with Gasteiger partial charge in [-0.05, 0) is 36.0 Å². The summed E-state index contributed by atoms with van der Waals surface area (Å²) in [6, 6.07) is 19.3.